The molecule has 3 aromatic carbocycles. The van der Waals surface area contributed by atoms with Crippen LogP contribution in [0.2, 0.25) is 0 Å². The molecule has 0 unspecified atom stereocenters. The summed E-state index contributed by atoms with van der Waals surface area (Å²) in [6, 6.07) is 18.3. The lowest BCUT2D eigenvalue weighted by molar-refractivity contribution is 0.0998. The summed E-state index contributed by atoms with van der Waals surface area (Å²) < 4.78 is 40.6. The summed E-state index contributed by atoms with van der Waals surface area (Å²) in [5.41, 5.74) is 1.72. The Bertz CT molecular complexity index is 1540. The van der Waals surface area contributed by atoms with Crippen LogP contribution in [-0.4, -0.2) is 32.7 Å². The van der Waals surface area contributed by atoms with Crippen molar-refractivity contribution in [2.24, 2.45) is 12.0 Å². The normalized spacial score (nSPS) is 13.5. The molecule has 1 aliphatic rings. The summed E-state index contributed by atoms with van der Waals surface area (Å²) in [5.74, 6) is 0.864. The maximum Gasteiger partial charge on any atom is 0.279 e. The molecule has 0 aliphatic carbocycles. The van der Waals surface area contributed by atoms with Gasteiger partial charge >= 0.3 is 0 Å². The zero-order valence-corrected chi connectivity index (χ0v) is 19.4. The number of rotatable bonds is 4. The minimum Gasteiger partial charge on any atom is -0.454 e. The van der Waals surface area contributed by atoms with Gasteiger partial charge in [0, 0.05) is 31.8 Å². The molecule has 0 radical (unpaired) electrons. The van der Waals surface area contributed by atoms with E-state index in [0.717, 1.165) is 10.2 Å². The number of carbonyl (C=O) groups excluding carboxylic acids is 1. The second-order valence-corrected chi connectivity index (χ2v) is 10.3. The van der Waals surface area contributed by atoms with Crippen LogP contribution in [0.3, 0.4) is 0 Å². The number of sulfonamides is 1. The van der Waals surface area contributed by atoms with Crippen molar-refractivity contribution in [3.63, 3.8) is 0 Å². The molecular formula is C23H19N3O5S2. The van der Waals surface area contributed by atoms with Gasteiger partial charge in [-0.15, -0.1) is 0 Å². The summed E-state index contributed by atoms with van der Waals surface area (Å²) in [7, 11) is -0.443. The Morgan fingerprint density at radius 2 is 1.70 bits per heavy atom. The first-order valence-electron chi connectivity index (χ1n) is 9.97. The van der Waals surface area contributed by atoms with E-state index in [-0.39, 0.29) is 11.7 Å². The highest BCUT2D eigenvalue weighted by atomic mass is 32.2. The van der Waals surface area contributed by atoms with Crippen LogP contribution in [0.1, 0.15) is 10.4 Å². The molecule has 0 N–H and O–H groups in total. The number of benzene rings is 3. The Kier molecular flexibility index (Phi) is 5.18. The summed E-state index contributed by atoms with van der Waals surface area (Å²) in [5, 5.41) is 0. The Morgan fingerprint density at radius 1 is 1.03 bits per heavy atom. The number of aromatic nitrogens is 1. The quantitative estimate of drug-likeness (QED) is 0.445. The Balaban J connectivity index is 1.43. The SMILES string of the molecule is CN(c1ccccc1)S(=O)(=O)c1ccc(C(=O)N=c2sc3cc4c(cc3n2C)OCO4)cc1. The van der Waals surface area contributed by atoms with Crippen molar-refractivity contribution in [3.8, 4) is 11.5 Å². The van der Waals surface area contributed by atoms with Crippen LogP contribution in [0, 0.1) is 0 Å². The number of hydrogen-bond donors (Lipinski definition) is 0. The van der Waals surface area contributed by atoms with Crippen LogP contribution in [0.15, 0.2) is 76.6 Å². The number of ether oxygens (including phenoxy) is 2. The third kappa shape index (κ3) is 3.77. The highest BCUT2D eigenvalue weighted by molar-refractivity contribution is 7.92. The number of amides is 1. The zero-order chi connectivity index (χ0) is 23.2. The van der Waals surface area contributed by atoms with E-state index in [1.54, 1.807) is 24.3 Å². The first-order valence-corrected chi connectivity index (χ1v) is 12.2. The first-order chi connectivity index (χ1) is 15.8. The number of nitrogens with zero attached hydrogens (tertiary/aromatic N) is 3. The lowest BCUT2D eigenvalue weighted by atomic mass is 10.2. The van der Waals surface area contributed by atoms with Gasteiger partial charge in [-0.25, -0.2) is 8.42 Å². The third-order valence-corrected chi connectivity index (χ3v) is 8.27. The summed E-state index contributed by atoms with van der Waals surface area (Å²) in [4.78, 5) is 17.6. The summed E-state index contributed by atoms with van der Waals surface area (Å²) in [6.45, 7) is 0.193. The average molecular weight is 482 g/mol. The largest absolute Gasteiger partial charge is 0.454 e. The molecule has 0 spiro atoms. The molecule has 10 heteroatoms. The molecule has 5 rings (SSSR count). The highest BCUT2D eigenvalue weighted by Crippen LogP contribution is 2.36. The zero-order valence-electron chi connectivity index (χ0n) is 17.8. The fourth-order valence-electron chi connectivity index (χ4n) is 3.48. The second kappa shape index (κ2) is 8.05. The number of carbonyl (C=O) groups is 1. The van der Waals surface area contributed by atoms with E-state index < -0.39 is 15.9 Å². The molecule has 1 amide bonds. The van der Waals surface area contributed by atoms with Gasteiger partial charge in [0.15, 0.2) is 16.3 Å². The minimum atomic E-state index is -3.76. The minimum absolute atomic E-state index is 0.0901. The molecule has 0 saturated heterocycles. The van der Waals surface area contributed by atoms with Gasteiger partial charge in [-0.3, -0.25) is 9.10 Å². The summed E-state index contributed by atoms with van der Waals surface area (Å²) in [6.07, 6.45) is 0. The average Bonchev–Trinajstić information content (AvgIpc) is 3.41. The lowest BCUT2D eigenvalue weighted by Crippen LogP contribution is -2.26. The number of aryl methyl sites for hydroxylation is 1. The maximum atomic E-state index is 12.9. The van der Waals surface area contributed by atoms with Gasteiger partial charge in [0.25, 0.3) is 15.9 Å². The number of para-hydroxylation sites is 1. The highest BCUT2D eigenvalue weighted by Gasteiger charge is 2.22. The van der Waals surface area contributed by atoms with E-state index in [0.29, 0.717) is 27.6 Å². The number of anilines is 1. The number of thiazole rings is 1. The van der Waals surface area contributed by atoms with Crippen LogP contribution in [-0.2, 0) is 17.1 Å². The van der Waals surface area contributed by atoms with Crippen molar-refractivity contribution in [2.45, 2.75) is 4.90 Å². The van der Waals surface area contributed by atoms with Crippen molar-refractivity contribution in [2.75, 3.05) is 18.1 Å². The van der Waals surface area contributed by atoms with Gasteiger partial charge in [0.05, 0.1) is 20.8 Å². The standard InChI is InChI=1S/C23H19N3O5S2/c1-25-18-12-19-20(31-14-30-19)13-21(18)32-23(25)24-22(27)15-8-10-17(11-9-15)33(28,29)26(2)16-6-4-3-5-7-16/h3-13H,14H2,1-2H3. The lowest BCUT2D eigenvalue weighted by Gasteiger charge is -2.19. The molecule has 1 aromatic heterocycles. The van der Waals surface area contributed by atoms with Gasteiger partial charge in [-0.05, 0) is 36.4 Å². The van der Waals surface area contributed by atoms with Crippen molar-refractivity contribution in [1.29, 1.82) is 0 Å². The van der Waals surface area contributed by atoms with Gasteiger partial charge in [-0.1, -0.05) is 29.5 Å². The monoisotopic (exact) mass is 481 g/mol. The molecule has 0 bridgehead atoms. The second-order valence-electron chi connectivity index (χ2n) is 7.37. The molecule has 8 nitrogen and oxygen atoms in total. The van der Waals surface area contributed by atoms with E-state index in [2.05, 4.69) is 4.99 Å². The first kappa shape index (κ1) is 21.2. The van der Waals surface area contributed by atoms with Crippen LogP contribution in [0.4, 0.5) is 5.69 Å². The smallest absolute Gasteiger partial charge is 0.279 e. The van der Waals surface area contributed by atoms with E-state index in [1.807, 2.05) is 29.8 Å². The predicted octanol–water partition coefficient (Wildman–Crippen LogP) is 3.53. The van der Waals surface area contributed by atoms with Crippen LogP contribution < -0.4 is 18.6 Å². The molecule has 2 heterocycles. The molecule has 1 aliphatic heterocycles. The summed E-state index contributed by atoms with van der Waals surface area (Å²) >= 11 is 1.36. The van der Waals surface area contributed by atoms with E-state index >= 15 is 0 Å². The molecule has 4 aromatic rings. The Hall–Kier alpha value is -3.63. The molecule has 33 heavy (non-hydrogen) atoms. The van der Waals surface area contributed by atoms with Crippen molar-refractivity contribution in [3.05, 3.63) is 77.1 Å². The molecule has 0 saturated carbocycles. The molecule has 168 valence electrons. The Morgan fingerprint density at radius 3 is 2.39 bits per heavy atom. The van der Waals surface area contributed by atoms with Crippen molar-refractivity contribution >= 4 is 43.2 Å². The fourth-order valence-corrected chi connectivity index (χ4v) is 5.70. The van der Waals surface area contributed by atoms with Crippen molar-refractivity contribution < 1.29 is 22.7 Å². The third-order valence-electron chi connectivity index (χ3n) is 5.38. The molecular weight excluding hydrogens is 462 g/mol. The Labute approximate surface area is 194 Å². The van der Waals surface area contributed by atoms with Crippen LogP contribution >= 0.6 is 11.3 Å². The van der Waals surface area contributed by atoms with E-state index in [4.69, 9.17) is 9.47 Å². The maximum absolute atomic E-state index is 12.9. The van der Waals surface area contributed by atoms with Gasteiger partial charge in [-0.2, -0.15) is 4.99 Å². The van der Waals surface area contributed by atoms with Gasteiger partial charge in [0.1, 0.15) is 0 Å². The molecule has 0 fully saturated rings. The predicted molar refractivity (Wildman–Crippen MR) is 125 cm³/mol. The molecule has 0 atom stereocenters. The van der Waals surface area contributed by atoms with Gasteiger partial charge in [0.2, 0.25) is 6.79 Å². The van der Waals surface area contributed by atoms with Gasteiger partial charge < -0.3 is 14.0 Å². The van der Waals surface area contributed by atoms with E-state index in [1.165, 1.54) is 47.0 Å². The number of hydrogen-bond acceptors (Lipinski definition) is 6. The topological polar surface area (TPSA) is 90.2 Å². The van der Waals surface area contributed by atoms with Crippen molar-refractivity contribution in [1.82, 2.24) is 4.57 Å². The van der Waals surface area contributed by atoms with E-state index in [9.17, 15) is 13.2 Å². The van der Waals surface area contributed by atoms with Crippen LogP contribution in [0.5, 0.6) is 11.5 Å². The van der Waals surface area contributed by atoms with Crippen LogP contribution in [0.25, 0.3) is 10.2 Å². The number of fused-ring (bicyclic) bond motifs is 2. The fraction of sp³-hybridized carbons (Fsp3) is 0.130.